The normalized spacial score (nSPS) is 11.3. The van der Waals surface area contributed by atoms with E-state index in [1.54, 1.807) is 12.1 Å². The Labute approximate surface area is 113 Å². The van der Waals surface area contributed by atoms with Gasteiger partial charge in [-0.05, 0) is 32.9 Å². The second-order valence-corrected chi connectivity index (χ2v) is 4.41. The average Bonchev–Trinajstić information content (AvgIpc) is 2.36. The van der Waals surface area contributed by atoms with Crippen LogP contribution < -0.4 is 10.6 Å². The van der Waals surface area contributed by atoms with Crippen LogP contribution in [-0.2, 0) is 6.54 Å². The van der Waals surface area contributed by atoms with Crippen LogP contribution in [0.2, 0.25) is 0 Å². The lowest BCUT2D eigenvalue weighted by Gasteiger charge is -2.14. The van der Waals surface area contributed by atoms with Crippen LogP contribution in [0.4, 0.5) is 4.39 Å². The molecule has 0 aromatic heterocycles. The highest BCUT2D eigenvalue weighted by molar-refractivity contribution is 5.79. The Hall–Kier alpha value is -2.09. The van der Waals surface area contributed by atoms with Crippen LogP contribution in [0, 0.1) is 17.1 Å². The molecule has 2 N–H and O–H groups in total. The fourth-order valence-corrected chi connectivity index (χ4v) is 1.50. The molecule has 102 valence electrons. The number of halogens is 1. The van der Waals surface area contributed by atoms with Crippen molar-refractivity contribution in [3.8, 4) is 6.07 Å². The third kappa shape index (κ3) is 4.96. The molecule has 0 saturated carbocycles. The van der Waals surface area contributed by atoms with Crippen LogP contribution in [-0.4, -0.2) is 18.5 Å². The molecule has 0 spiro atoms. The van der Waals surface area contributed by atoms with E-state index in [-0.39, 0.29) is 12.6 Å². The van der Waals surface area contributed by atoms with Crippen LogP contribution in [0.5, 0.6) is 0 Å². The van der Waals surface area contributed by atoms with Gasteiger partial charge in [-0.25, -0.2) is 9.38 Å². The van der Waals surface area contributed by atoms with Gasteiger partial charge in [0, 0.05) is 18.2 Å². The van der Waals surface area contributed by atoms with Crippen LogP contribution >= 0.6 is 0 Å². The average molecular weight is 262 g/mol. The van der Waals surface area contributed by atoms with Crippen molar-refractivity contribution in [2.45, 2.75) is 33.4 Å². The number of benzene rings is 1. The summed E-state index contributed by atoms with van der Waals surface area (Å²) < 4.78 is 13.7. The first-order chi connectivity index (χ1) is 9.06. The zero-order chi connectivity index (χ0) is 14.3. The van der Waals surface area contributed by atoms with Gasteiger partial charge in [-0.2, -0.15) is 5.26 Å². The smallest absolute Gasteiger partial charge is 0.191 e. The molecular weight excluding hydrogens is 243 g/mol. The van der Waals surface area contributed by atoms with Gasteiger partial charge >= 0.3 is 0 Å². The molecule has 0 saturated heterocycles. The van der Waals surface area contributed by atoms with Crippen LogP contribution in [0.1, 0.15) is 31.9 Å². The summed E-state index contributed by atoms with van der Waals surface area (Å²) in [7, 11) is 0. The summed E-state index contributed by atoms with van der Waals surface area (Å²) in [5, 5.41) is 14.9. The van der Waals surface area contributed by atoms with Crippen molar-refractivity contribution in [1.29, 1.82) is 5.26 Å². The Morgan fingerprint density at radius 3 is 2.74 bits per heavy atom. The molecule has 1 aromatic rings. The number of aliphatic imine (C=N–C) groups is 1. The van der Waals surface area contributed by atoms with E-state index in [1.807, 2.05) is 26.8 Å². The molecule has 0 aliphatic rings. The predicted molar refractivity (Wildman–Crippen MR) is 74.2 cm³/mol. The van der Waals surface area contributed by atoms with Crippen molar-refractivity contribution >= 4 is 5.96 Å². The third-order valence-electron chi connectivity index (χ3n) is 2.36. The number of hydrogen-bond acceptors (Lipinski definition) is 2. The van der Waals surface area contributed by atoms with E-state index >= 15 is 0 Å². The van der Waals surface area contributed by atoms with Gasteiger partial charge in [-0.3, -0.25) is 0 Å². The first-order valence-electron chi connectivity index (χ1n) is 6.30. The molecule has 0 aliphatic heterocycles. The number of nitrogens with one attached hydrogen (secondary N) is 2. The summed E-state index contributed by atoms with van der Waals surface area (Å²) in [6.07, 6.45) is 0. The highest BCUT2D eigenvalue weighted by atomic mass is 19.1. The summed E-state index contributed by atoms with van der Waals surface area (Å²) >= 11 is 0. The molecule has 1 rings (SSSR count). The first kappa shape index (κ1) is 15.0. The SMILES string of the molecule is CCNC(=NCc1ccc(C#N)cc1F)NC(C)C. The first-order valence-corrected chi connectivity index (χ1v) is 6.30. The minimum Gasteiger partial charge on any atom is -0.357 e. The quantitative estimate of drug-likeness (QED) is 0.645. The minimum atomic E-state index is -0.400. The Morgan fingerprint density at radius 1 is 1.47 bits per heavy atom. The van der Waals surface area contributed by atoms with Crippen LogP contribution in [0.25, 0.3) is 0 Å². The second kappa shape index (κ2) is 7.37. The van der Waals surface area contributed by atoms with Gasteiger partial charge in [-0.15, -0.1) is 0 Å². The van der Waals surface area contributed by atoms with Gasteiger partial charge in [-0.1, -0.05) is 6.07 Å². The lowest BCUT2D eigenvalue weighted by Crippen LogP contribution is -2.41. The maximum atomic E-state index is 13.7. The molecule has 0 fully saturated rings. The largest absolute Gasteiger partial charge is 0.357 e. The maximum absolute atomic E-state index is 13.7. The fraction of sp³-hybridized carbons (Fsp3) is 0.429. The molecule has 19 heavy (non-hydrogen) atoms. The molecule has 0 atom stereocenters. The van der Waals surface area contributed by atoms with Crippen molar-refractivity contribution in [3.05, 3.63) is 35.1 Å². The van der Waals surface area contributed by atoms with E-state index in [1.165, 1.54) is 6.07 Å². The van der Waals surface area contributed by atoms with Gasteiger partial charge < -0.3 is 10.6 Å². The Balaban J connectivity index is 2.80. The zero-order valence-corrected chi connectivity index (χ0v) is 11.5. The topological polar surface area (TPSA) is 60.2 Å². The number of nitrogens with zero attached hydrogens (tertiary/aromatic N) is 2. The molecule has 5 heteroatoms. The van der Waals surface area contributed by atoms with Crippen LogP contribution in [0.3, 0.4) is 0 Å². The van der Waals surface area contributed by atoms with Gasteiger partial charge in [0.15, 0.2) is 5.96 Å². The fourth-order valence-electron chi connectivity index (χ4n) is 1.50. The van der Waals surface area contributed by atoms with Gasteiger partial charge in [0.05, 0.1) is 18.2 Å². The van der Waals surface area contributed by atoms with Crippen LogP contribution in [0.15, 0.2) is 23.2 Å². The number of rotatable bonds is 4. The zero-order valence-electron chi connectivity index (χ0n) is 11.5. The highest BCUT2D eigenvalue weighted by Gasteiger charge is 2.04. The lowest BCUT2D eigenvalue weighted by molar-refractivity contribution is 0.609. The summed E-state index contributed by atoms with van der Waals surface area (Å²) in [5.74, 6) is 0.254. The second-order valence-electron chi connectivity index (χ2n) is 4.41. The van der Waals surface area contributed by atoms with E-state index < -0.39 is 5.82 Å². The molecular formula is C14H19FN4. The number of guanidine groups is 1. The van der Waals surface area contributed by atoms with E-state index in [9.17, 15) is 4.39 Å². The van der Waals surface area contributed by atoms with Gasteiger partial charge in [0.25, 0.3) is 0 Å². The summed E-state index contributed by atoms with van der Waals surface area (Å²) in [6, 6.07) is 6.58. The molecule has 1 aromatic carbocycles. The van der Waals surface area contributed by atoms with Gasteiger partial charge in [0.2, 0.25) is 0 Å². The monoisotopic (exact) mass is 262 g/mol. The van der Waals surface area contributed by atoms with Crippen molar-refractivity contribution in [3.63, 3.8) is 0 Å². The number of hydrogen-bond donors (Lipinski definition) is 2. The molecule has 0 aliphatic carbocycles. The van der Waals surface area contributed by atoms with E-state index in [0.29, 0.717) is 17.1 Å². The third-order valence-corrected chi connectivity index (χ3v) is 2.36. The Morgan fingerprint density at radius 2 is 2.21 bits per heavy atom. The highest BCUT2D eigenvalue weighted by Crippen LogP contribution is 2.10. The Bertz CT molecular complexity index is 489. The molecule has 0 radical (unpaired) electrons. The predicted octanol–water partition coefficient (Wildman–Crippen LogP) is 2.16. The van der Waals surface area contributed by atoms with Gasteiger partial charge in [0.1, 0.15) is 5.82 Å². The summed E-state index contributed by atoms with van der Waals surface area (Å²) in [5.41, 5.74) is 0.789. The van der Waals surface area contributed by atoms with E-state index in [2.05, 4.69) is 15.6 Å². The van der Waals surface area contributed by atoms with Crippen molar-refractivity contribution in [1.82, 2.24) is 10.6 Å². The van der Waals surface area contributed by atoms with Crippen molar-refractivity contribution in [2.24, 2.45) is 4.99 Å². The lowest BCUT2D eigenvalue weighted by atomic mass is 10.1. The summed E-state index contributed by atoms with van der Waals surface area (Å²) in [6.45, 7) is 6.97. The summed E-state index contributed by atoms with van der Waals surface area (Å²) in [4.78, 5) is 4.31. The van der Waals surface area contributed by atoms with Crippen molar-refractivity contribution < 1.29 is 4.39 Å². The van der Waals surface area contributed by atoms with E-state index in [0.717, 1.165) is 6.54 Å². The van der Waals surface area contributed by atoms with Crippen molar-refractivity contribution in [2.75, 3.05) is 6.54 Å². The van der Waals surface area contributed by atoms with E-state index in [4.69, 9.17) is 5.26 Å². The Kier molecular flexibility index (Phi) is 5.80. The molecule has 0 amide bonds. The molecule has 0 bridgehead atoms. The maximum Gasteiger partial charge on any atom is 0.191 e. The number of nitriles is 1. The molecule has 0 heterocycles. The molecule has 4 nitrogen and oxygen atoms in total. The standard InChI is InChI=1S/C14H19FN4/c1-4-17-14(19-10(2)3)18-9-12-6-5-11(8-16)7-13(12)15/h5-7,10H,4,9H2,1-3H3,(H2,17,18,19). The minimum absolute atomic E-state index is 0.236. The molecule has 0 unspecified atom stereocenters.